The van der Waals surface area contributed by atoms with Gasteiger partial charge in [-0.1, -0.05) is 50.6 Å². The summed E-state index contributed by atoms with van der Waals surface area (Å²) in [7, 11) is 0. The molecule has 2 atom stereocenters. The topological polar surface area (TPSA) is 128 Å². The second kappa shape index (κ2) is 10.0. The number of barbiturate groups is 1. The number of nitrogens with one attached hydrogen (secondary N) is 1. The summed E-state index contributed by atoms with van der Waals surface area (Å²) in [6, 6.07) is 7.67. The van der Waals surface area contributed by atoms with Gasteiger partial charge in [-0.15, -0.1) is 0 Å². The van der Waals surface area contributed by atoms with Gasteiger partial charge in [-0.25, -0.2) is 9.59 Å². The van der Waals surface area contributed by atoms with Crippen LogP contribution in [0.4, 0.5) is 9.59 Å². The van der Waals surface area contributed by atoms with Crippen LogP contribution < -0.4 is 11.1 Å². The molecule has 1 fully saturated rings. The molecule has 0 bridgehead atoms. The molecule has 9 nitrogen and oxygen atoms in total. The Morgan fingerprint density at radius 3 is 2.48 bits per heavy atom. The highest BCUT2D eigenvalue weighted by molar-refractivity contribution is 6.22. The van der Waals surface area contributed by atoms with Crippen LogP contribution in [-0.4, -0.2) is 54.7 Å². The molecule has 1 aromatic carbocycles. The van der Waals surface area contributed by atoms with Crippen molar-refractivity contribution >= 4 is 23.9 Å². The Kier molecular flexibility index (Phi) is 7.72. The number of amides is 5. The monoisotopic (exact) mass is 405 g/mol. The number of carbonyl (C=O) groups is 4. The Morgan fingerprint density at radius 1 is 1.21 bits per heavy atom. The standard InChI is InChI=1S/C20H27N3O6/c1-3-5-11-28-13-15(29-18(21)26)12-23-17(25)20(4-2,16(24)22-19(23)27)14-9-7-6-8-10-14/h6-10,15H,3-5,11-13H2,1-2H3,(H2,21,26)(H,22,24,27)/t15-,20-/m0/s1. The van der Waals surface area contributed by atoms with E-state index in [4.69, 9.17) is 15.2 Å². The Morgan fingerprint density at radius 2 is 1.90 bits per heavy atom. The maximum absolute atomic E-state index is 13.3. The SMILES string of the molecule is CCCCOC[C@H](CN1C(=O)NC(=O)[C@](CC)(c2ccccc2)C1=O)OC(N)=O. The molecule has 1 aromatic rings. The van der Waals surface area contributed by atoms with Crippen LogP contribution in [0.3, 0.4) is 0 Å². The maximum Gasteiger partial charge on any atom is 0.404 e. The number of ether oxygens (including phenoxy) is 2. The third-order valence-electron chi connectivity index (χ3n) is 4.88. The third-order valence-corrected chi connectivity index (χ3v) is 4.88. The minimum atomic E-state index is -1.55. The van der Waals surface area contributed by atoms with E-state index < -0.39 is 35.5 Å². The van der Waals surface area contributed by atoms with Crippen molar-refractivity contribution in [3.05, 3.63) is 35.9 Å². The predicted octanol–water partition coefficient (Wildman–Crippen LogP) is 1.69. The van der Waals surface area contributed by atoms with E-state index in [-0.39, 0.29) is 19.6 Å². The van der Waals surface area contributed by atoms with Crippen molar-refractivity contribution in [1.82, 2.24) is 10.2 Å². The van der Waals surface area contributed by atoms with E-state index in [1.165, 1.54) is 0 Å². The minimum absolute atomic E-state index is 0.0294. The lowest BCUT2D eigenvalue weighted by atomic mass is 9.74. The molecule has 1 heterocycles. The molecule has 29 heavy (non-hydrogen) atoms. The quantitative estimate of drug-likeness (QED) is 0.450. The number of nitrogens with two attached hydrogens (primary N) is 1. The van der Waals surface area contributed by atoms with Gasteiger partial charge in [-0.3, -0.25) is 19.8 Å². The second-order valence-corrected chi connectivity index (χ2v) is 6.79. The number of nitrogens with zero attached hydrogens (tertiary/aromatic N) is 1. The fraction of sp³-hybridized carbons (Fsp3) is 0.500. The normalized spacial score (nSPS) is 20.3. The Labute approximate surface area is 169 Å². The molecule has 0 aliphatic carbocycles. The molecule has 0 radical (unpaired) electrons. The number of primary amides is 1. The summed E-state index contributed by atoms with van der Waals surface area (Å²) in [6.07, 6.45) is -0.0994. The Bertz CT molecular complexity index is 754. The summed E-state index contributed by atoms with van der Waals surface area (Å²) in [5.41, 5.74) is 4.05. The number of benzene rings is 1. The summed E-state index contributed by atoms with van der Waals surface area (Å²) < 4.78 is 10.5. The third kappa shape index (κ3) is 4.92. The van der Waals surface area contributed by atoms with Gasteiger partial charge in [0.05, 0.1) is 13.2 Å². The van der Waals surface area contributed by atoms with Crippen LogP contribution in [0.25, 0.3) is 0 Å². The fourth-order valence-electron chi connectivity index (χ4n) is 3.30. The zero-order chi connectivity index (χ0) is 21.4. The molecule has 1 saturated heterocycles. The van der Waals surface area contributed by atoms with Crippen molar-refractivity contribution in [3.8, 4) is 0 Å². The lowest BCUT2D eigenvalue weighted by molar-refractivity contribution is -0.146. The van der Waals surface area contributed by atoms with Crippen molar-refractivity contribution in [1.29, 1.82) is 0 Å². The van der Waals surface area contributed by atoms with Crippen LogP contribution in [0.5, 0.6) is 0 Å². The molecule has 0 spiro atoms. The van der Waals surface area contributed by atoms with Gasteiger partial charge in [0.25, 0.3) is 5.91 Å². The molecule has 1 aliphatic rings. The predicted molar refractivity (Wildman–Crippen MR) is 104 cm³/mol. The first-order valence-corrected chi connectivity index (χ1v) is 9.63. The van der Waals surface area contributed by atoms with Crippen molar-refractivity contribution in [3.63, 3.8) is 0 Å². The summed E-state index contributed by atoms with van der Waals surface area (Å²) in [5, 5.41) is 2.25. The van der Waals surface area contributed by atoms with Gasteiger partial charge in [0.15, 0.2) is 5.41 Å². The van der Waals surface area contributed by atoms with Crippen LogP contribution in [0, 0.1) is 0 Å². The van der Waals surface area contributed by atoms with Gasteiger partial charge >= 0.3 is 12.1 Å². The Hall–Kier alpha value is -2.94. The van der Waals surface area contributed by atoms with Gasteiger partial charge in [0.2, 0.25) is 5.91 Å². The van der Waals surface area contributed by atoms with E-state index in [0.29, 0.717) is 12.2 Å². The molecule has 0 aromatic heterocycles. The van der Waals surface area contributed by atoms with Gasteiger partial charge in [0.1, 0.15) is 6.10 Å². The number of hydrogen-bond acceptors (Lipinski definition) is 6. The van der Waals surface area contributed by atoms with Crippen LogP contribution >= 0.6 is 0 Å². The maximum atomic E-state index is 13.3. The number of imide groups is 2. The summed E-state index contributed by atoms with van der Waals surface area (Å²) >= 11 is 0. The van der Waals surface area contributed by atoms with E-state index in [2.05, 4.69) is 5.32 Å². The van der Waals surface area contributed by atoms with E-state index in [0.717, 1.165) is 17.7 Å². The van der Waals surface area contributed by atoms with Crippen LogP contribution in [0.1, 0.15) is 38.7 Å². The zero-order valence-electron chi connectivity index (χ0n) is 16.7. The molecular formula is C20H27N3O6. The smallest absolute Gasteiger partial charge is 0.404 e. The summed E-state index contributed by atoms with van der Waals surface area (Å²) in [6.45, 7) is 3.84. The minimum Gasteiger partial charge on any atom is -0.442 e. The molecule has 5 amide bonds. The highest BCUT2D eigenvalue weighted by atomic mass is 16.6. The first-order valence-electron chi connectivity index (χ1n) is 9.63. The van der Waals surface area contributed by atoms with Crippen molar-refractivity contribution in [2.75, 3.05) is 19.8 Å². The number of unbranched alkanes of at least 4 members (excludes halogenated alkanes) is 1. The molecule has 158 valence electrons. The van der Waals surface area contributed by atoms with Gasteiger partial charge in [0, 0.05) is 6.61 Å². The molecule has 0 saturated carbocycles. The van der Waals surface area contributed by atoms with Crippen molar-refractivity contribution in [2.24, 2.45) is 5.73 Å². The number of urea groups is 1. The van der Waals surface area contributed by atoms with Crippen LogP contribution in [0.15, 0.2) is 30.3 Å². The van der Waals surface area contributed by atoms with Gasteiger partial charge in [-0.05, 0) is 18.4 Å². The summed E-state index contributed by atoms with van der Waals surface area (Å²) in [4.78, 5) is 50.6. The Balaban J connectivity index is 2.27. The second-order valence-electron chi connectivity index (χ2n) is 6.79. The molecule has 1 aliphatic heterocycles. The summed E-state index contributed by atoms with van der Waals surface area (Å²) in [5.74, 6) is -1.35. The molecular weight excluding hydrogens is 378 g/mol. The van der Waals surface area contributed by atoms with E-state index >= 15 is 0 Å². The van der Waals surface area contributed by atoms with E-state index in [9.17, 15) is 19.2 Å². The molecule has 2 rings (SSSR count). The lowest BCUT2D eigenvalue weighted by Crippen LogP contribution is -2.67. The molecule has 0 unspecified atom stereocenters. The number of carbonyl (C=O) groups excluding carboxylic acids is 4. The largest absolute Gasteiger partial charge is 0.442 e. The first kappa shape index (κ1) is 22.4. The molecule has 9 heteroatoms. The fourth-order valence-corrected chi connectivity index (χ4v) is 3.30. The average Bonchev–Trinajstić information content (AvgIpc) is 2.69. The first-order chi connectivity index (χ1) is 13.9. The van der Waals surface area contributed by atoms with Crippen molar-refractivity contribution in [2.45, 2.75) is 44.6 Å². The highest BCUT2D eigenvalue weighted by Crippen LogP contribution is 2.33. The van der Waals surface area contributed by atoms with Gasteiger partial charge in [-0.2, -0.15) is 0 Å². The molecule has 3 N–H and O–H groups in total. The van der Waals surface area contributed by atoms with Crippen LogP contribution in [0.2, 0.25) is 0 Å². The highest BCUT2D eigenvalue weighted by Gasteiger charge is 2.54. The van der Waals surface area contributed by atoms with E-state index in [1.54, 1.807) is 37.3 Å². The average molecular weight is 405 g/mol. The number of hydrogen-bond donors (Lipinski definition) is 2. The lowest BCUT2D eigenvalue weighted by Gasteiger charge is -2.39. The number of rotatable bonds is 10. The zero-order valence-corrected chi connectivity index (χ0v) is 16.7. The van der Waals surface area contributed by atoms with E-state index in [1.807, 2.05) is 6.92 Å². The van der Waals surface area contributed by atoms with Crippen LogP contribution in [-0.2, 0) is 24.5 Å². The van der Waals surface area contributed by atoms with Gasteiger partial charge < -0.3 is 15.2 Å². The van der Waals surface area contributed by atoms with Crippen molar-refractivity contribution < 1.29 is 28.7 Å².